The second kappa shape index (κ2) is 9.19. The highest BCUT2D eigenvalue weighted by Crippen LogP contribution is 2.29. The highest BCUT2D eigenvalue weighted by atomic mass is 35.5. The van der Waals surface area contributed by atoms with Crippen molar-refractivity contribution in [3.63, 3.8) is 0 Å². The van der Waals surface area contributed by atoms with Crippen LogP contribution in [-0.2, 0) is 4.79 Å². The van der Waals surface area contributed by atoms with E-state index in [2.05, 4.69) is 15.5 Å². The lowest BCUT2D eigenvalue weighted by molar-refractivity contribution is -0.122. The SMILES string of the molecule is Cl.Cl.O=C(CCC1CCNC1)NC1CCN(C2CC2)CC1. The van der Waals surface area contributed by atoms with Crippen LogP contribution in [-0.4, -0.2) is 49.1 Å². The summed E-state index contributed by atoms with van der Waals surface area (Å²) in [4.78, 5) is 14.6. The van der Waals surface area contributed by atoms with Crippen LogP contribution in [0.5, 0.6) is 0 Å². The number of hydrogen-bond donors (Lipinski definition) is 2. The van der Waals surface area contributed by atoms with Crippen LogP contribution in [0.3, 0.4) is 0 Å². The number of likely N-dealkylation sites (tertiary alicyclic amines) is 1. The topological polar surface area (TPSA) is 44.4 Å². The molecular formula is C15H29Cl2N3O. The lowest BCUT2D eigenvalue weighted by Gasteiger charge is -2.32. The maximum atomic E-state index is 12.0. The Balaban J connectivity index is 0.00000110. The van der Waals surface area contributed by atoms with Crippen molar-refractivity contribution < 1.29 is 4.79 Å². The molecule has 1 atom stereocenters. The van der Waals surface area contributed by atoms with Gasteiger partial charge in [-0.05, 0) is 57.5 Å². The molecule has 2 saturated heterocycles. The second-order valence-corrected chi connectivity index (χ2v) is 6.51. The summed E-state index contributed by atoms with van der Waals surface area (Å²) < 4.78 is 0. The quantitative estimate of drug-likeness (QED) is 0.806. The molecule has 0 bridgehead atoms. The van der Waals surface area contributed by atoms with Gasteiger partial charge in [0.1, 0.15) is 0 Å². The van der Waals surface area contributed by atoms with E-state index in [1.54, 1.807) is 0 Å². The van der Waals surface area contributed by atoms with Gasteiger partial charge in [0.05, 0.1) is 0 Å². The maximum absolute atomic E-state index is 12.0. The Morgan fingerprint density at radius 2 is 1.81 bits per heavy atom. The average molecular weight is 338 g/mol. The number of halogens is 2. The van der Waals surface area contributed by atoms with Gasteiger partial charge < -0.3 is 15.5 Å². The van der Waals surface area contributed by atoms with Crippen molar-refractivity contribution in [1.29, 1.82) is 0 Å². The van der Waals surface area contributed by atoms with Gasteiger partial charge in [0.25, 0.3) is 0 Å². The van der Waals surface area contributed by atoms with Gasteiger partial charge in [0, 0.05) is 31.6 Å². The molecule has 3 aliphatic rings. The fraction of sp³-hybridized carbons (Fsp3) is 0.933. The van der Waals surface area contributed by atoms with Crippen molar-refractivity contribution in [3.8, 4) is 0 Å². The van der Waals surface area contributed by atoms with E-state index in [1.807, 2.05) is 0 Å². The van der Waals surface area contributed by atoms with Crippen molar-refractivity contribution in [2.24, 2.45) is 5.92 Å². The first kappa shape index (κ1) is 19.0. The molecule has 124 valence electrons. The van der Waals surface area contributed by atoms with E-state index in [0.717, 1.165) is 50.7 Å². The minimum absolute atomic E-state index is 0. The van der Waals surface area contributed by atoms with Crippen molar-refractivity contribution in [3.05, 3.63) is 0 Å². The first-order valence-corrected chi connectivity index (χ1v) is 8.05. The predicted octanol–water partition coefficient (Wildman–Crippen LogP) is 1.96. The molecule has 0 aromatic rings. The Bertz CT molecular complexity index is 312. The molecule has 1 unspecified atom stereocenters. The molecule has 21 heavy (non-hydrogen) atoms. The molecule has 2 heterocycles. The first-order chi connectivity index (χ1) is 9.31. The molecule has 1 aliphatic carbocycles. The van der Waals surface area contributed by atoms with E-state index in [1.165, 1.54) is 32.4 Å². The van der Waals surface area contributed by atoms with Crippen LogP contribution in [0.2, 0.25) is 0 Å². The fourth-order valence-electron chi connectivity index (χ4n) is 3.44. The lowest BCUT2D eigenvalue weighted by atomic mass is 10.0. The third-order valence-electron chi connectivity index (χ3n) is 4.90. The smallest absolute Gasteiger partial charge is 0.220 e. The molecule has 3 fully saturated rings. The third-order valence-corrected chi connectivity index (χ3v) is 4.90. The third kappa shape index (κ3) is 5.93. The van der Waals surface area contributed by atoms with Crippen LogP contribution < -0.4 is 10.6 Å². The molecule has 0 spiro atoms. The van der Waals surface area contributed by atoms with E-state index >= 15 is 0 Å². The number of carbonyl (C=O) groups is 1. The molecule has 2 aliphatic heterocycles. The Morgan fingerprint density at radius 3 is 2.38 bits per heavy atom. The molecule has 3 rings (SSSR count). The van der Waals surface area contributed by atoms with Gasteiger partial charge in [0.2, 0.25) is 5.91 Å². The Kier molecular flexibility index (Phi) is 8.32. The minimum Gasteiger partial charge on any atom is -0.353 e. The Labute approximate surface area is 140 Å². The predicted molar refractivity (Wildman–Crippen MR) is 90.5 cm³/mol. The summed E-state index contributed by atoms with van der Waals surface area (Å²) in [6, 6.07) is 1.32. The summed E-state index contributed by atoms with van der Waals surface area (Å²) in [7, 11) is 0. The van der Waals surface area contributed by atoms with Gasteiger partial charge in [-0.3, -0.25) is 4.79 Å². The van der Waals surface area contributed by atoms with Gasteiger partial charge >= 0.3 is 0 Å². The summed E-state index contributed by atoms with van der Waals surface area (Å²) in [6.07, 6.45) is 8.10. The van der Waals surface area contributed by atoms with Crippen LogP contribution in [0.4, 0.5) is 0 Å². The standard InChI is InChI=1S/C15H27N3O.2ClH/c19-15(4-1-12-5-8-16-11-12)17-13-6-9-18(10-7-13)14-2-3-14;;/h12-14,16H,1-11H2,(H,17,19);2*1H. The molecule has 2 N–H and O–H groups in total. The molecule has 0 aromatic carbocycles. The molecule has 4 nitrogen and oxygen atoms in total. The number of amides is 1. The summed E-state index contributed by atoms with van der Waals surface area (Å²) >= 11 is 0. The molecule has 0 aromatic heterocycles. The Hall–Kier alpha value is -0.0300. The van der Waals surface area contributed by atoms with Crippen molar-refractivity contribution in [2.75, 3.05) is 26.2 Å². The van der Waals surface area contributed by atoms with Gasteiger partial charge in [-0.15, -0.1) is 24.8 Å². The number of piperidine rings is 1. The Morgan fingerprint density at radius 1 is 1.10 bits per heavy atom. The van der Waals surface area contributed by atoms with Crippen molar-refractivity contribution in [1.82, 2.24) is 15.5 Å². The minimum atomic E-state index is 0. The van der Waals surface area contributed by atoms with E-state index < -0.39 is 0 Å². The maximum Gasteiger partial charge on any atom is 0.220 e. The van der Waals surface area contributed by atoms with Crippen LogP contribution in [0.15, 0.2) is 0 Å². The number of nitrogens with one attached hydrogen (secondary N) is 2. The van der Waals surface area contributed by atoms with Crippen LogP contribution >= 0.6 is 24.8 Å². The molecule has 1 amide bonds. The largest absolute Gasteiger partial charge is 0.353 e. The average Bonchev–Trinajstić information content (AvgIpc) is 3.14. The number of carbonyl (C=O) groups excluding carboxylic acids is 1. The zero-order valence-electron chi connectivity index (χ0n) is 12.7. The van der Waals surface area contributed by atoms with Crippen molar-refractivity contribution in [2.45, 2.75) is 57.0 Å². The number of nitrogens with zero attached hydrogens (tertiary/aromatic N) is 1. The summed E-state index contributed by atoms with van der Waals surface area (Å²) in [6.45, 7) is 4.60. The van der Waals surface area contributed by atoms with Crippen LogP contribution in [0.1, 0.15) is 44.9 Å². The normalized spacial score (nSPS) is 26.8. The molecule has 1 saturated carbocycles. The fourth-order valence-corrected chi connectivity index (χ4v) is 3.44. The monoisotopic (exact) mass is 337 g/mol. The van der Waals surface area contributed by atoms with Crippen LogP contribution in [0, 0.1) is 5.92 Å². The molecule has 6 heteroatoms. The highest BCUT2D eigenvalue weighted by Gasteiger charge is 2.32. The summed E-state index contributed by atoms with van der Waals surface area (Å²) in [5.41, 5.74) is 0. The second-order valence-electron chi connectivity index (χ2n) is 6.51. The van der Waals surface area contributed by atoms with Gasteiger partial charge in [-0.2, -0.15) is 0 Å². The zero-order valence-corrected chi connectivity index (χ0v) is 14.3. The number of rotatable bonds is 5. The van der Waals surface area contributed by atoms with Crippen LogP contribution in [0.25, 0.3) is 0 Å². The number of hydrogen-bond acceptors (Lipinski definition) is 3. The van der Waals surface area contributed by atoms with E-state index in [4.69, 9.17) is 0 Å². The van der Waals surface area contributed by atoms with Gasteiger partial charge in [0.15, 0.2) is 0 Å². The summed E-state index contributed by atoms with van der Waals surface area (Å²) in [5, 5.41) is 6.60. The zero-order chi connectivity index (χ0) is 13.1. The highest BCUT2D eigenvalue weighted by molar-refractivity contribution is 5.85. The lowest BCUT2D eigenvalue weighted by Crippen LogP contribution is -2.45. The first-order valence-electron chi connectivity index (χ1n) is 8.05. The van der Waals surface area contributed by atoms with E-state index in [-0.39, 0.29) is 30.7 Å². The van der Waals surface area contributed by atoms with E-state index in [0.29, 0.717) is 6.04 Å². The van der Waals surface area contributed by atoms with E-state index in [9.17, 15) is 4.79 Å². The molecule has 0 radical (unpaired) electrons. The van der Waals surface area contributed by atoms with Crippen molar-refractivity contribution >= 4 is 30.7 Å². The summed E-state index contributed by atoms with van der Waals surface area (Å²) in [5.74, 6) is 0.999. The molecular weight excluding hydrogens is 309 g/mol. The van der Waals surface area contributed by atoms with Gasteiger partial charge in [-0.1, -0.05) is 0 Å². The van der Waals surface area contributed by atoms with Gasteiger partial charge in [-0.25, -0.2) is 0 Å².